The number of para-hydroxylation sites is 1. The number of amides is 3. The molecule has 0 N–H and O–H groups in total. The topological polar surface area (TPSA) is 56.8 Å². The maximum atomic E-state index is 13.0. The number of hydrogen-bond acceptors (Lipinski definition) is 5. The maximum Gasteiger partial charge on any atom is 0.333 e. The lowest BCUT2D eigenvalue weighted by molar-refractivity contribution is -0.128. The molecule has 29 heavy (non-hydrogen) atoms. The van der Waals surface area contributed by atoms with Gasteiger partial charge in [0.2, 0.25) is 0 Å². The van der Waals surface area contributed by atoms with Gasteiger partial charge >= 0.3 is 6.03 Å². The van der Waals surface area contributed by atoms with E-state index in [-0.39, 0.29) is 24.6 Å². The standard InChI is InChI=1S/C22H24N4O2S/c1-14-9-11-17(12-10-14)26-16(3)21(27)25(22(26)28)13-24(4)15(2)20-23-18-7-5-6-8-19(18)29-20/h5-12,15-16H,13H2,1-4H3/t15-,16-/m0/s1. The highest BCUT2D eigenvalue weighted by Crippen LogP contribution is 2.30. The van der Waals surface area contributed by atoms with Gasteiger partial charge in [0.1, 0.15) is 11.0 Å². The van der Waals surface area contributed by atoms with Gasteiger partial charge in [-0.3, -0.25) is 14.6 Å². The number of carbonyl (C=O) groups excluding carboxylic acids is 2. The Hall–Kier alpha value is -2.77. The second kappa shape index (κ2) is 7.57. The third kappa shape index (κ3) is 3.52. The van der Waals surface area contributed by atoms with Crippen LogP contribution in [0.25, 0.3) is 10.2 Å². The quantitative estimate of drug-likeness (QED) is 0.587. The first-order valence-corrected chi connectivity index (χ1v) is 10.5. The van der Waals surface area contributed by atoms with E-state index in [4.69, 9.17) is 4.98 Å². The van der Waals surface area contributed by atoms with Crippen LogP contribution in [0, 0.1) is 6.92 Å². The number of rotatable bonds is 5. The molecule has 7 heteroatoms. The zero-order chi connectivity index (χ0) is 20.7. The molecule has 2 atom stereocenters. The Morgan fingerprint density at radius 3 is 2.52 bits per heavy atom. The van der Waals surface area contributed by atoms with Crippen LogP contribution in [0.2, 0.25) is 0 Å². The van der Waals surface area contributed by atoms with E-state index in [2.05, 4.69) is 6.07 Å². The van der Waals surface area contributed by atoms with Crippen molar-refractivity contribution < 1.29 is 9.59 Å². The number of aromatic nitrogens is 1. The summed E-state index contributed by atoms with van der Waals surface area (Å²) in [5, 5.41) is 0.969. The van der Waals surface area contributed by atoms with E-state index in [1.165, 1.54) is 4.90 Å². The molecule has 0 spiro atoms. The van der Waals surface area contributed by atoms with Crippen molar-refractivity contribution in [2.75, 3.05) is 18.6 Å². The van der Waals surface area contributed by atoms with Gasteiger partial charge in [0.15, 0.2) is 0 Å². The molecular formula is C22H24N4O2S. The van der Waals surface area contributed by atoms with Gasteiger partial charge in [-0.25, -0.2) is 14.7 Å². The Kier molecular flexibility index (Phi) is 5.10. The van der Waals surface area contributed by atoms with Gasteiger partial charge in [-0.2, -0.15) is 0 Å². The second-order valence-electron chi connectivity index (χ2n) is 7.52. The number of benzene rings is 2. The number of anilines is 1. The van der Waals surface area contributed by atoms with Crippen LogP contribution in [-0.4, -0.2) is 46.5 Å². The van der Waals surface area contributed by atoms with Crippen LogP contribution in [0.15, 0.2) is 48.5 Å². The maximum absolute atomic E-state index is 13.0. The molecule has 3 aromatic rings. The molecule has 0 bridgehead atoms. The first-order valence-electron chi connectivity index (χ1n) is 9.63. The van der Waals surface area contributed by atoms with Crippen LogP contribution in [0.3, 0.4) is 0 Å². The van der Waals surface area contributed by atoms with Crippen molar-refractivity contribution in [3.05, 3.63) is 59.1 Å². The Morgan fingerprint density at radius 1 is 1.14 bits per heavy atom. The summed E-state index contributed by atoms with van der Waals surface area (Å²) in [6.45, 7) is 6.04. The van der Waals surface area contributed by atoms with Crippen LogP contribution in [0.1, 0.15) is 30.5 Å². The average molecular weight is 409 g/mol. The summed E-state index contributed by atoms with van der Waals surface area (Å²) in [7, 11) is 1.91. The lowest BCUT2D eigenvalue weighted by atomic mass is 10.2. The number of aryl methyl sites for hydroxylation is 1. The minimum Gasteiger partial charge on any atom is -0.282 e. The fraction of sp³-hybridized carbons (Fsp3) is 0.318. The van der Waals surface area contributed by atoms with Crippen molar-refractivity contribution >= 4 is 39.2 Å². The van der Waals surface area contributed by atoms with Gasteiger partial charge in [0, 0.05) is 5.69 Å². The fourth-order valence-corrected chi connectivity index (χ4v) is 4.58. The van der Waals surface area contributed by atoms with Gasteiger partial charge in [0.05, 0.1) is 22.9 Å². The van der Waals surface area contributed by atoms with Gasteiger partial charge in [-0.15, -0.1) is 11.3 Å². The van der Waals surface area contributed by atoms with Gasteiger partial charge in [0.25, 0.3) is 5.91 Å². The number of hydrogen-bond donors (Lipinski definition) is 0. The molecule has 0 radical (unpaired) electrons. The van der Waals surface area contributed by atoms with Crippen LogP contribution < -0.4 is 4.90 Å². The highest BCUT2D eigenvalue weighted by atomic mass is 32.1. The van der Waals surface area contributed by atoms with E-state index in [1.807, 2.05) is 68.3 Å². The van der Waals surface area contributed by atoms with Crippen molar-refractivity contribution in [3.8, 4) is 0 Å². The normalized spacial score (nSPS) is 18.3. The SMILES string of the molecule is Cc1ccc(N2C(=O)N(CN(C)[C@@H](C)c3nc4ccccc4s3)C(=O)[C@@H]2C)cc1. The molecule has 2 heterocycles. The third-order valence-electron chi connectivity index (χ3n) is 5.45. The van der Waals surface area contributed by atoms with E-state index >= 15 is 0 Å². The number of urea groups is 1. The summed E-state index contributed by atoms with van der Waals surface area (Å²) < 4.78 is 1.13. The van der Waals surface area contributed by atoms with Crippen molar-refractivity contribution in [1.29, 1.82) is 0 Å². The van der Waals surface area contributed by atoms with Crippen molar-refractivity contribution in [2.24, 2.45) is 0 Å². The lowest BCUT2D eigenvalue weighted by Gasteiger charge is -2.27. The molecule has 0 saturated carbocycles. The molecule has 2 aromatic carbocycles. The van der Waals surface area contributed by atoms with E-state index in [0.717, 1.165) is 26.5 Å². The predicted octanol–water partition coefficient (Wildman–Crippen LogP) is 4.41. The summed E-state index contributed by atoms with van der Waals surface area (Å²) in [5.74, 6) is -0.182. The zero-order valence-electron chi connectivity index (χ0n) is 17.0. The predicted molar refractivity (Wildman–Crippen MR) is 116 cm³/mol. The monoisotopic (exact) mass is 408 g/mol. The summed E-state index contributed by atoms with van der Waals surface area (Å²) in [6, 6.07) is 14.9. The molecule has 1 fully saturated rings. The summed E-state index contributed by atoms with van der Waals surface area (Å²) >= 11 is 1.64. The molecule has 150 valence electrons. The van der Waals surface area contributed by atoms with Gasteiger partial charge < -0.3 is 0 Å². The van der Waals surface area contributed by atoms with E-state index in [1.54, 1.807) is 23.2 Å². The van der Waals surface area contributed by atoms with Crippen LogP contribution in [-0.2, 0) is 4.79 Å². The summed E-state index contributed by atoms with van der Waals surface area (Å²) in [5.41, 5.74) is 2.83. The average Bonchev–Trinajstić information content (AvgIpc) is 3.23. The molecule has 4 rings (SSSR count). The molecule has 3 amide bonds. The summed E-state index contributed by atoms with van der Waals surface area (Å²) in [6.07, 6.45) is 0. The molecule has 1 aromatic heterocycles. The van der Waals surface area contributed by atoms with Crippen molar-refractivity contribution in [3.63, 3.8) is 0 Å². The molecule has 0 aliphatic carbocycles. The van der Waals surface area contributed by atoms with Crippen LogP contribution >= 0.6 is 11.3 Å². The van der Waals surface area contributed by atoms with Gasteiger partial charge in [-0.1, -0.05) is 29.8 Å². The van der Waals surface area contributed by atoms with Crippen molar-refractivity contribution in [1.82, 2.24) is 14.8 Å². The minimum absolute atomic E-state index is 0.0169. The third-order valence-corrected chi connectivity index (χ3v) is 6.66. The minimum atomic E-state index is -0.517. The smallest absolute Gasteiger partial charge is 0.282 e. The molecule has 1 saturated heterocycles. The fourth-order valence-electron chi connectivity index (χ4n) is 3.50. The number of thiazole rings is 1. The van der Waals surface area contributed by atoms with E-state index in [9.17, 15) is 9.59 Å². The zero-order valence-corrected chi connectivity index (χ0v) is 17.8. The second-order valence-corrected chi connectivity index (χ2v) is 8.59. The lowest BCUT2D eigenvalue weighted by Crippen LogP contribution is -2.41. The first-order chi connectivity index (χ1) is 13.9. The number of nitrogens with zero attached hydrogens (tertiary/aromatic N) is 4. The largest absolute Gasteiger partial charge is 0.333 e. The van der Waals surface area contributed by atoms with Crippen molar-refractivity contribution in [2.45, 2.75) is 32.9 Å². The highest BCUT2D eigenvalue weighted by molar-refractivity contribution is 7.18. The molecular weight excluding hydrogens is 384 g/mol. The van der Waals surface area contributed by atoms with Crippen LogP contribution in [0.5, 0.6) is 0 Å². The highest BCUT2D eigenvalue weighted by Gasteiger charge is 2.44. The molecule has 6 nitrogen and oxygen atoms in total. The first kappa shape index (κ1) is 19.5. The molecule has 1 aliphatic rings. The summed E-state index contributed by atoms with van der Waals surface area (Å²) in [4.78, 5) is 35.5. The van der Waals surface area contributed by atoms with E-state index < -0.39 is 6.04 Å². The number of imide groups is 1. The Labute approximate surface area is 174 Å². The van der Waals surface area contributed by atoms with Gasteiger partial charge in [-0.05, 0) is 52.1 Å². The molecule has 0 unspecified atom stereocenters. The Morgan fingerprint density at radius 2 is 1.83 bits per heavy atom. The van der Waals surface area contributed by atoms with Crippen LogP contribution in [0.4, 0.5) is 10.5 Å². The number of fused-ring (bicyclic) bond motifs is 1. The van der Waals surface area contributed by atoms with E-state index in [0.29, 0.717) is 0 Å². The Bertz CT molecular complexity index is 1030. The Balaban J connectivity index is 1.52. The molecule has 1 aliphatic heterocycles. The number of carbonyl (C=O) groups is 2.